The summed E-state index contributed by atoms with van der Waals surface area (Å²) in [5, 5.41) is 10.9. The number of hydrogen-bond donors (Lipinski definition) is 1. The number of carbonyl (C=O) groups is 1. The van der Waals surface area contributed by atoms with Crippen molar-refractivity contribution in [3.8, 4) is 11.4 Å². The van der Waals surface area contributed by atoms with Gasteiger partial charge in [0.1, 0.15) is 17.2 Å². The molecule has 7 nitrogen and oxygen atoms in total. The number of fused-ring (bicyclic) bond motifs is 2. The second kappa shape index (κ2) is 9.20. The van der Waals surface area contributed by atoms with E-state index in [4.69, 9.17) is 14.1 Å². The van der Waals surface area contributed by atoms with Crippen LogP contribution < -0.4 is 10.2 Å². The van der Waals surface area contributed by atoms with Crippen LogP contribution in [-0.4, -0.2) is 53.0 Å². The fraction of sp³-hybridized carbons (Fsp3) is 0.423. The van der Waals surface area contributed by atoms with E-state index in [0.717, 1.165) is 29.5 Å². The van der Waals surface area contributed by atoms with Crippen LogP contribution in [0.1, 0.15) is 39.2 Å². The topological polar surface area (TPSA) is 73.2 Å². The molecule has 1 amide bonds. The number of nitrogens with zero attached hydrogens (tertiary/aromatic N) is 2. The molecule has 0 bridgehead atoms. The Bertz CT molecular complexity index is 1250. The van der Waals surface area contributed by atoms with Crippen molar-refractivity contribution in [3.05, 3.63) is 54.0 Å². The highest BCUT2D eigenvalue weighted by molar-refractivity contribution is 6.61. The van der Waals surface area contributed by atoms with Crippen LogP contribution >= 0.6 is 0 Å². The standard InChI is InChI=1S/C26H30BFN2O5/c1-26(2,3)35-25(31)29-9-6-17(7-10-29)15-33-20-4-5-23-18(12-20)8-11-30(23)24-14-21-19(13-22(24)28)16-34-27(21)32/h4-5,8,11-14,17,32H,6-7,9-10,15-16H2,1-3H3. The van der Waals surface area contributed by atoms with Crippen molar-refractivity contribution in [2.24, 2.45) is 5.92 Å². The summed E-state index contributed by atoms with van der Waals surface area (Å²) in [4.78, 5) is 14.0. The van der Waals surface area contributed by atoms with Crippen LogP contribution in [0, 0.1) is 11.7 Å². The van der Waals surface area contributed by atoms with Crippen molar-refractivity contribution in [2.75, 3.05) is 19.7 Å². The quantitative estimate of drug-likeness (QED) is 0.572. The maximum atomic E-state index is 14.8. The summed E-state index contributed by atoms with van der Waals surface area (Å²) in [5.41, 5.74) is 1.99. The lowest BCUT2D eigenvalue weighted by Gasteiger charge is -2.33. The summed E-state index contributed by atoms with van der Waals surface area (Å²) < 4.78 is 33.3. The zero-order valence-electron chi connectivity index (χ0n) is 20.3. The summed E-state index contributed by atoms with van der Waals surface area (Å²) in [5.74, 6) is 0.753. The van der Waals surface area contributed by atoms with Crippen LogP contribution in [-0.2, 0) is 16.0 Å². The van der Waals surface area contributed by atoms with E-state index in [1.54, 1.807) is 15.5 Å². The van der Waals surface area contributed by atoms with E-state index < -0.39 is 12.7 Å². The third-order valence-corrected chi connectivity index (χ3v) is 6.54. The molecule has 1 fully saturated rings. The van der Waals surface area contributed by atoms with E-state index in [1.165, 1.54) is 6.07 Å². The number of ether oxygens (including phenoxy) is 2. The first-order chi connectivity index (χ1) is 16.7. The van der Waals surface area contributed by atoms with Crippen LogP contribution in [0.25, 0.3) is 16.6 Å². The molecule has 2 aliphatic rings. The number of piperidine rings is 1. The summed E-state index contributed by atoms with van der Waals surface area (Å²) in [6.07, 6.45) is 3.29. The van der Waals surface area contributed by atoms with Crippen LogP contribution in [0.2, 0.25) is 0 Å². The fourth-order valence-corrected chi connectivity index (χ4v) is 4.66. The molecule has 9 heteroatoms. The molecule has 1 N–H and O–H groups in total. The lowest BCUT2D eigenvalue weighted by Crippen LogP contribution is -2.42. The van der Waals surface area contributed by atoms with Crippen molar-refractivity contribution in [2.45, 2.75) is 45.8 Å². The predicted molar refractivity (Wildman–Crippen MR) is 132 cm³/mol. The minimum atomic E-state index is -1.03. The van der Waals surface area contributed by atoms with Gasteiger partial charge in [0.2, 0.25) is 0 Å². The molecule has 5 rings (SSSR count). The van der Waals surface area contributed by atoms with Gasteiger partial charge < -0.3 is 28.6 Å². The lowest BCUT2D eigenvalue weighted by molar-refractivity contribution is 0.0165. The Hall–Kier alpha value is -3.04. The first-order valence-corrected chi connectivity index (χ1v) is 12.0. The van der Waals surface area contributed by atoms with E-state index in [-0.39, 0.29) is 18.5 Å². The van der Waals surface area contributed by atoms with Crippen LogP contribution in [0.5, 0.6) is 5.75 Å². The molecule has 1 saturated heterocycles. The normalized spacial score (nSPS) is 16.6. The van der Waals surface area contributed by atoms with E-state index in [9.17, 15) is 14.2 Å². The minimum absolute atomic E-state index is 0.209. The molecule has 2 aromatic carbocycles. The SMILES string of the molecule is CC(C)(C)OC(=O)N1CCC(COc2ccc3c(ccn3-c3cc4c(cc3F)COB4O)c2)CC1. The Labute approximate surface area is 204 Å². The summed E-state index contributed by atoms with van der Waals surface area (Å²) >= 11 is 0. The minimum Gasteiger partial charge on any atom is -0.493 e. The summed E-state index contributed by atoms with van der Waals surface area (Å²) in [7, 11) is -1.03. The second-order valence-corrected chi connectivity index (χ2v) is 10.3. The van der Waals surface area contributed by atoms with Crippen molar-refractivity contribution in [3.63, 3.8) is 0 Å². The lowest BCUT2D eigenvalue weighted by atomic mass is 9.79. The van der Waals surface area contributed by atoms with Crippen LogP contribution in [0.3, 0.4) is 0 Å². The molecular weight excluding hydrogens is 450 g/mol. The third-order valence-electron chi connectivity index (χ3n) is 6.54. The highest BCUT2D eigenvalue weighted by Gasteiger charge is 2.29. The van der Waals surface area contributed by atoms with Gasteiger partial charge in [-0.05, 0) is 87.0 Å². The van der Waals surface area contributed by atoms with Crippen molar-refractivity contribution < 1.29 is 28.3 Å². The number of benzene rings is 2. The Morgan fingerprint density at radius 3 is 2.71 bits per heavy atom. The van der Waals surface area contributed by atoms with Gasteiger partial charge in [0, 0.05) is 24.7 Å². The molecule has 3 heterocycles. The molecule has 0 unspecified atom stereocenters. The predicted octanol–water partition coefficient (Wildman–Crippen LogP) is 4.01. The molecule has 35 heavy (non-hydrogen) atoms. The van der Waals surface area contributed by atoms with Crippen LogP contribution in [0.4, 0.5) is 9.18 Å². The molecule has 184 valence electrons. The van der Waals surface area contributed by atoms with Gasteiger partial charge in [-0.3, -0.25) is 0 Å². The third kappa shape index (κ3) is 5.02. The van der Waals surface area contributed by atoms with Gasteiger partial charge in [-0.2, -0.15) is 0 Å². The maximum Gasteiger partial charge on any atom is 0.491 e. The van der Waals surface area contributed by atoms with Crippen molar-refractivity contribution >= 4 is 29.6 Å². The van der Waals surface area contributed by atoms with Gasteiger partial charge in [-0.1, -0.05) is 0 Å². The van der Waals surface area contributed by atoms with Gasteiger partial charge in [0.25, 0.3) is 0 Å². The molecule has 2 aliphatic heterocycles. The molecular formula is C26H30BFN2O5. The Morgan fingerprint density at radius 2 is 1.97 bits per heavy atom. The van der Waals surface area contributed by atoms with Gasteiger partial charge in [-0.15, -0.1) is 0 Å². The number of carbonyl (C=O) groups excluding carboxylic acids is 1. The molecule has 0 radical (unpaired) electrons. The summed E-state index contributed by atoms with van der Waals surface area (Å²) in [6.45, 7) is 7.73. The number of rotatable bonds is 4. The smallest absolute Gasteiger partial charge is 0.491 e. The van der Waals surface area contributed by atoms with Crippen molar-refractivity contribution in [1.29, 1.82) is 0 Å². The van der Waals surface area contributed by atoms with Gasteiger partial charge >= 0.3 is 13.2 Å². The number of amides is 1. The van der Waals surface area contributed by atoms with E-state index in [0.29, 0.717) is 42.3 Å². The largest absolute Gasteiger partial charge is 0.493 e. The number of aromatic nitrogens is 1. The van der Waals surface area contributed by atoms with Crippen LogP contribution in [0.15, 0.2) is 42.6 Å². The number of halogens is 1. The average molecular weight is 480 g/mol. The molecule has 3 aromatic rings. The zero-order valence-corrected chi connectivity index (χ0v) is 20.3. The van der Waals surface area contributed by atoms with Gasteiger partial charge in [0.05, 0.1) is 24.4 Å². The van der Waals surface area contributed by atoms with Gasteiger partial charge in [-0.25, -0.2) is 9.18 Å². The van der Waals surface area contributed by atoms with E-state index in [2.05, 4.69) is 0 Å². The monoisotopic (exact) mass is 480 g/mol. The molecule has 1 aromatic heterocycles. The number of likely N-dealkylation sites (tertiary alicyclic amines) is 1. The molecule has 0 saturated carbocycles. The first kappa shape index (κ1) is 23.7. The maximum absolute atomic E-state index is 14.8. The summed E-state index contributed by atoms with van der Waals surface area (Å²) in [6, 6.07) is 10.7. The highest BCUT2D eigenvalue weighted by Crippen LogP contribution is 2.28. The molecule has 0 aliphatic carbocycles. The fourth-order valence-electron chi connectivity index (χ4n) is 4.66. The van der Waals surface area contributed by atoms with Gasteiger partial charge in [0.15, 0.2) is 0 Å². The zero-order chi connectivity index (χ0) is 24.7. The average Bonchev–Trinajstić information content (AvgIpc) is 3.39. The second-order valence-electron chi connectivity index (χ2n) is 10.3. The Kier molecular flexibility index (Phi) is 6.23. The number of hydrogen-bond acceptors (Lipinski definition) is 5. The molecule has 0 atom stereocenters. The Balaban J connectivity index is 1.22. The van der Waals surface area contributed by atoms with E-state index >= 15 is 0 Å². The highest BCUT2D eigenvalue weighted by atomic mass is 19.1. The Morgan fingerprint density at radius 1 is 1.20 bits per heavy atom. The van der Waals surface area contributed by atoms with E-state index in [1.807, 2.05) is 51.2 Å². The van der Waals surface area contributed by atoms with Crippen molar-refractivity contribution in [1.82, 2.24) is 9.47 Å². The molecule has 0 spiro atoms. The first-order valence-electron chi connectivity index (χ1n) is 12.0.